The van der Waals surface area contributed by atoms with Gasteiger partial charge in [-0.2, -0.15) is 10.5 Å². The van der Waals surface area contributed by atoms with Gasteiger partial charge in [0.2, 0.25) is 0 Å². The van der Waals surface area contributed by atoms with Crippen molar-refractivity contribution in [3.05, 3.63) is 114 Å². The molecule has 160 valence electrons. The molecule has 0 aliphatic heterocycles. The molecular weight excluding hydrogens is 420 g/mol. The van der Waals surface area contributed by atoms with Crippen LogP contribution < -0.4 is 4.74 Å². The molecule has 0 fully saturated rings. The van der Waals surface area contributed by atoms with Gasteiger partial charge in [0.1, 0.15) is 29.5 Å². The molecule has 0 amide bonds. The molecule has 5 rings (SSSR count). The van der Waals surface area contributed by atoms with Gasteiger partial charge < -0.3 is 9.72 Å². The van der Waals surface area contributed by atoms with Crippen LogP contribution in [0.15, 0.2) is 103 Å². The zero-order valence-electron chi connectivity index (χ0n) is 18.1. The van der Waals surface area contributed by atoms with Crippen LogP contribution in [0.1, 0.15) is 11.1 Å². The normalized spacial score (nSPS) is 10.3. The first kappa shape index (κ1) is 20.8. The first-order valence-corrected chi connectivity index (χ1v) is 10.7. The van der Waals surface area contributed by atoms with E-state index in [0.717, 1.165) is 33.9 Å². The number of imidazole rings is 1. The number of ether oxygens (including phenoxy) is 1. The highest BCUT2D eigenvalue weighted by molar-refractivity contribution is 5.81. The summed E-state index contributed by atoms with van der Waals surface area (Å²) in [6, 6.07) is 36.7. The number of hydrogen-bond acceptors (Lipinski definition) is 4. The monoisotopic (exact) mass is 438 g/mol. The summed E-state index contributed by atoms with van der Waals surface area (Å²) < 4.78 is 5.89. The molecule has 0 saturated carbocycles. The Bertz CT molecular complexity index is 1470. The third-order valence-corrected chi connectivity index (χ3v) is 5.41. The second kappa shape index (κ2) is 9.16. The molecule has 0 radical (unpaired) electrons. The van der Waals surface area contributed by atoms with Gasteiger partial charge in [-0.3, -0.25) is 0 Å². The molecule has 0 saturated heterocycles. The predicted octanol–water partition coefficient (Wildman–Crippen LogP) is 6.95. The Hall–Kier alpha value is -5.13. The largest absolute Gasteiger partial charge is 0.457 e. The van der Waals surface area contributed by atoms with Crippen molar-refractivity contribution in [3.63, 3.8) is 0 Å². The van der Waals surface area contributed by atoms with E-state index < -0.39 is 0 Å². The van der Waals surface area contributed by atoms with Crippen molar-refractivity contribution in [1.82, 2.24) is 9.97 Å². The summed E-state index contributed by atoms with van der Waals surface area (Å²) >= 11 is 0. The molecule has 1 heterocycles. The number of nitrogens with one attached hydrogen (secondary N) is 1. The molecule has 4 aromatic carbocycles. The summed E-state index contributed by atoms with van der Waals surface area (Å²) in [4.78, 5) is 8.41. The van der Waals surface area contributed by atoms with Crippen molar-refractivity contribution in [2.45, 2.75) is 0 Å². The van der Waals surface area contributed by atoms with E-state index in [4.69, 9.17) is 15.0 Å². The van der Waals surface area contributed by atoms with E-state index in [1.54, 1.807) is 18.2 Å². The fraction of sp³-hybridized carbons (Fsp3) is 0. The Labute approximate surface area is 197 Å². The molecule has 5 aromatic rings. The summed E-state index contributed by atoms with van der Waals surface area (Å²) in [6.07, 6.45) is 0. The van der Waals surface area contributed by atoms with Crippen LogP contribution in [0.5, 0.6) is 11.5 Å². The van der Waals surface area contributed by atoms with Gasteiger partial charge in [-0.05, 0) is 42.5 Å². The molecule has 34 heavy (non-hydrogen) atoms. The van der Waals surface area contributed by atoms with Crippen LogP contribution in [-0.4, -0.2) is 9.97 Å². The van der Waals surface area contributed by atoms with Crippen molar-refractivity contribution in [3.8, 4) is 57.5 Å². The van der Waals surface area contributed by atoms with Crippen LogP contribution >= 0.6 is 0 Å². The van der Waals surface area contributed by atoms with Crippen LogP contribution in [0.25, 0.3) is 33.9 Å². The van der Waals surface area contributed by atoms with Gasteiger partial charge in [-0.25, -0.2) is 4.98 Å². The third-order valence-electron chi connectivity index (χ3n) is 5.41. The van der Waals surface area contributed by atoms with Gasteiger partial charge in [0.05, 0.1) is 22.5 Å². The summed E-state index contributed by atoms with van der Waals surface area (Å²) in [6.45, 7) is 0. The summed E-state index contributed by atoms with van der Waals surface area (Å²) in [7, 11) is 0. The SMILES string of the molecule is N#Cc1ccc(Oc2ccc(-c3nc(-c4ccccc4)c(-c4ccccc4)[nH]3)cc2)cc1C#N. The van der Waals surface area contributed by atoms with Crippen LogP contribution in [0.2, 0.25) is 0 Å². The first-order chi connectivity index (χ1) is 16.7. The van der Waals surface area contributed by atoms with Crippen molar-refractivity contribution >= 4 is 0 Å². The average molecular weight is 438 g/mol. The van der Waals surface area contributed by atoms with Crippen molar-refractivity contribution < 1.29 is 4.74 Å². The maximum atomic E-state index is 9.22. The van der Waals surface area contributed by atoms with E-state index in [1.807, 2.05) is 72.8 Å². The maximum Gasteiger partial charge on any atom is 0.138 e. The smallest absolute Gasteiger partial charge is 0.138 e. The predicted molar refractivity (Wildman–Crippen MR) is 131 cm³/mol. The molecule has 0 aliphatic rings. The van der Waals surface area contributed by atoms with E-state index in [9.17, 15) is 5.26 Å². The fourth-order valence-electron chi connectivity index (χ4n) is 3.72. The molecule has 0 atom stereocenters. The number of aromatic nitrogens is 2. The van der Waals surface area contributed by atoms with Gasteiger partial charge in [-0.1, -0.05) is 60.7 Å². The lowest BCUT2D eigenvalue weighted by Crippen LogP contribution is -1.89. The summed E-state index contributed by atoms with van der Waals surface area (Å²) in [5.74, 6) is 1.88. The van der Waals surface area contributed by atoms with Gasteiger partial charge in [0, 0.05) is 16.7 Å². The van der Waals surface area contributed by atoms with Crippen LogP contribution in [0.4, 0.5) is 0 Å². The molecule has 0 spiro atoms. The number of aromatic amines is 1. The van der Waals surface area contributed by atoms with Gasteiger partial charge >= 0.3 is 0 Å². The van der Waals surface area contributed by atoms with E-state index in [-0.39, 0.29) is 5.56 Å². The van der Waals surface area contributed by atoms with Gasteiger partial charge in [0.25, 0.3) is 0 Å². The molecule has 0 bridgehead atoms. The number of hydrogen-bond donors (Lipinski definition) is 1. The topological polar surface area (TPSA) is 85.5 Å². The minimum absolute atomic E-state index is 0.286. The highest BCUT2D eigenvalue weighted by Gasteiger charge is 2.15. The van der Waals surface area contributed by atoms with Crippen LogP contribution in [0, 0.1) is 22.7 Å². The Morgan fingerprint density at radius 1 is 0.618 bits per heavy atom. The fourth-order valence-corrected chi connectivity index (χ4v) is 3.72. The number of benzene rings is 4. The van der Waals surface area contributed by atoms with Crippen molar-refractivity contribution in [2.75, 3.05) is 0 Å². The highest BCUT2D eigenvalue weighted by Crippen LogP contribution is 2.33. The van der Waals surface area contributed by atoms with E-state index in [2.05, 4.69) is 29.2 Å². The molecule has 1 aromatic heterocycles. The van der Waals surface area contributed by atoms with Gasteiger partial charge in [0.15, 0.2) is 0 Å². The first-order valence-electron chi connectivity index (χ1n) is 10.7. The Kier molecular flexibility index (Phi) is 5.59. The van der Waals surface area contributed by atoms with Crippen LogP contribution in [0.3, 0.4) is 0 Å². The number of H-pyrrole nitrogens is 1. The molecule has 5 heteroatoms. The summed E-state index contributed by atoms with van der Waals surface area (Å²) in [5, 5.41) is 18.3. The lowest BCUT2D eigenvalue weighted by Gasteiger charge is -2.07. The molecule has 5 nitrogen and oxygen atoms in total. The highest BCUT2D eigenvalue weighted by atomic mass is 16.5. The molecular formula is C29H18N4O. The third kappa shape index (κ3) is 4.14. The second-order valence-corrected chi connectivity index (χ2v) is 7.60. The molecule has 0 unspecified atom stereocenters. The van der Waals surface area contributed by atoms with E-state index >= 15 is 0 Å². The van der Waals surface area contributed by atoms with Crippen LogP contribution in [-0.2, 0) is 0 Å². The Morgan fingerprint density at radius 2 is 1.24 bits per heavy atom. The minimum atomic E-state index is 0.286. The number of nitrogens with zero attached hydrogens (tertiary/aromatic N) is 3. The quantitative estimate of drug-likeness (QED) is 0.322. The number of rotatable bonds is 5. The standard InChI is InChI=1S/C29H18N4O/c30-18-23-13-16-26(17-24(23)19-31)34-25-14-11-22(12-15-25)29-32-27(20-7-3-1-4-8-20)28(33-29)21-9-5-2-6-10-21/h1-17H,(H,32,33). The second-order valence-electron chi connectivity index (χ2n) is 7.60. The lowest BCUT2D eigenvalue weighted by atomic mass is 10.1. The summed E-state index contributed by atoms with van der Waals surface area (Å²) in [5.41, 5.74) is 5.49. The lowest BCUT2D eigenvalue weighted by molar-refractivity contribution is 0.482. The van der Waals surface area contributed by atoms with Gasteiger partial charge in [-0.15, -0.1) is 0 Å². The zero-order valence-corrected chi connectivity index (χ0v) is 18.1. The van der Waals surface area contributed by atoms with Crippen molar-refractivity contribution in [2.24, 2.45) is 0 Å². The van der Waals surface area contributed by atoms with Crippen molar-refractivity contribution in [1.29, 1.82) is 10.5 Å². The minimum Gasteiger partial charge on any atom is -0.457 e. The average Bonchev–Trinajstić information content (AvgIpc) is 3.36. The maximum absolute atomic E-state index is 9.22. The molecule has 1 N–H and O–H groups in total. The number of nitriles is 2. The van der Waals surface area contributed by atoms with E-state index in [1.165, 1.54) is 0 Å². The zero-order chi connectivity index (χ0) is 23.3. The van der Waals surface area contributed by atoms with E-state index in [0.29, 0.717) is 17.1 Å². The molecule has 0 aliphatic carbocycles. The Balaban J connectivity index is 1.46. The Morgan fingerprint density at radius 3 is 1.88 bits per heavy atom.